The third-order valence-electron chi connectivity index (χ3n) is 2.57. The molecule has 0 unspecified atom stereocenters. The van der Waals surface area contributed by atoms with E-state index in [9.17, 15) is 4.79 Å². The fourth-order valence-electron chi connectivity index (χ4n) is 1.27. The van der Waals surface area contributed by atoms with Gasteiger partial charge in [-0.15, -0.1) is 0 Å². The second kappa shape index (κ2) is 4.23. The van der Waals surface area contributed by atoms with Crippen molar-refractivity contribution in [2.24, 2.45) is 0 Å². The average Bonchev–Trinajstić information content (AvgIpc) is 2.12. The fourth-order valence-corrected chi connectivity index (χ4v) is 1.27. The van der Waals surface area contributed by atoms with Crippen molar-refractivity contribution >= 4 is 11.9 Å². The van der Waals surface area contributed by atoms with Gasteiger partial charge in [0.1, 0.15) is 0 Å². The van der Waals surface area contributed by atoms with Crippen LogP contribution in [0.3, 0.4) is 0 Å². The molecule has 0 aliphatic rings. The summed E-state index contributed by atoms with van der Waals surface area (Å²) in [6.45, 7) is 7.60. The summed E-state index contributed by atoms with van der Waals surface area (Å²) >= 11 is 0. The predicted octanol–water partition coefficient (Wildman–Crippen LogP) is 3.30. The molecule has 1 aromatic carbocycles. The van der Waals surface area contributed by atoms with Crippen LogP contribution >= 0.6 is 0 Å². The molecule has 0 bridgehead atoms. The number of ketones is 1. The molecule has 0 saturated carbocycles. The van der Waals surface area contributed by atoms with Crippen LogP contribution in [-0.4, -0.2) is 5.78 Å². The summed E-state index contributed by atoms with van der Waals surface area (Å²) in [7, 11) is 0. The summed E-state index contributed by atoms with van der Waals surface area (Å²) in [6, 6.07) is 6.13. The van der Waals surface area contributed by atoms with Crippen LogP contribution in [-0.2, 0) is 4.79 Å². The highest BCUT2D eigenvalue weighted by atomic mass is 16.1. The van der Waals surface area contributed by atoms with Crippen molar-refractivity contribution in [3.8, 4) is 0 Å². The first-order valence-corrected chi connectivity index (χ1v) is 4.78. The topological polar surface area (TPSA) is 17.1 Å². The Balaban J connectivity index is 3.15. The Hall–Kier alpha value is -1.37. The average molecular weight is 188 g/mol. The van der Waals surface area contributed by atoms with Gasteiger partial charge in [-0.3, -0.25) is 4.79 Å². The smallest absolute Gasteiger partial charge is 0.155 e. The van der Waals surface area contributed by atoms with Crippen LogP contribution in [0, 0.1) is 13.8 Å². The second-order valence-corrected chi connectivity index (χ2v) is 3.67. The summed E-state index contributed by atoms with van der Waals surface area (Å²) in [6.07, 6.45) is 1.95. The van der Waals surface area contributed by atoms with Crippen molar-refractivity contribution in [2.45, 2.75) is 27.7 Å². The van der Waals surface area contributed by atoms with Crippen LogP contribution in [0.2, 0.25) is 0 Å². The van der Waals surface area contributed by atoms with Crippen LogP contribution in [0.4, 0.5) is 0 Å². The summed E-state index contributed by atoms with van der Waals surface area (Å²) < 4.78 is 0. The molecule has 0 spiro atoms. The van der Waals surface area contributed by atoms with E-state index in [1.807, 2.05) is 25.1 Å². The molecular weight excluding hydrogens is 172 g/mol. The number of aryl methyl sites for hydroxylation is 1. The number of hydrogen-bond donors (Lipinski definition) is 0. The predicted molar refractivity (Wildman–Crippen MR) is 60.2 cm³/mol. The zero-order valence-corrected chi connectivity index (χ0v) is 9.22. The van der Waals surface area contributed by atoms with Gasteiger partial charge in [0.05, 0.1) is 0 Å². The lowest BCUT2D eigenvalue weighted by atomic mass is 10.0. The van der Waals surface area contributed by atoms with E-state index in [-0.39, 0.29) is 5.78 Å². The van der Waals surface area contributed by atoms with Crippen molar-refractivity contribution in [3.05, 3.63) is 40.5 Å². The molecular formula is C13H16O. The van der Waals surface area contributed by atoms with Crippen molar-refractivity contribution < 1.29 is 4.79 Å². The molecule has 0 saturated heterocycles. The van der Waals surface area contributed by atoms with E-state index in [0.29, 0.717) is 0 Å². The number of allylic oxidation sites excluding steroid dienone is 1. The van der Waals surface area contributed by atoms with Crippen LogP contribution in [0.15, 0.2) is 23.8 Å². The summed E-state index contributed by atoms with van der Waals surface area (Å²) in [4.78, 5) is 11.1. The summed E-state index contributed by atoms with van der Waals surface area (Å²) in [5.74, 6) is 0.130. The molecule has 0 aliphatic heterocycles. The first-order chi connectivity index (χ1) is 6.52. The zero-order valence-electron chi connectivity index (χ0n) is 9.22. The molecule has 0 fully saturated rings. The van der Waals surface area contributed by atoms with E-state index in [4.69, 9.17) is 0 Å². The highest BCUT2D eigenvalue weighted by Gasteiger charge is 2.00. The van der Waals surface area contributed by atoms with Gasteiger partial charge in [-0.25, -0.2) is 0 Å². The van der Waals surface area contributed by atoms with Gasteiger partial charge in [-0.1, -0.05) is 18.2 Å². The van der Waals surface area contributed by atoms with E-state index in [1.165, 1.54) is 11.1 Å². The molecule has 0 aliphatic carbocycles. The Bertz CT molecular complexity index is 386. The maximum atomic E-state index is 11.1. The van der Waals surface area contributed by atoms with E-state index in [2.05, 4.69) is 19.9 Å². The van der Waals surface area contributed by atoms with Gasteiger partial charge in [-0.2, -0.15) is 0 Å². The lowest BCUT2D eigenvalue weighted by Gasteiger charge is -2.04. The van der Waals surface area contributed by atoms with Crippen molar-refractivity contribution in [2.75, 3.05) is 0 Å². The van der Waals surface area contributed by atoms with Crippen LogP contribution in [0.5, 0.6) is 0 Å². The summed E-state index contributed by atoms with van der Waals surface area (Å²) in [5.41, 5.74) is 4.44. The van der Waals surface area contributed by atoms with E-state index < -0.39 is 0 Å². The molecule has 0 radical (unpaired) electrons. The molecule has 1 aromatic rings. The zero-order chi connectivity index (χ0) is 10.7. The normalized spacial score (nSPS) is 11.6. The minimum absolute atomic E-state index is 0.130. The second-order valence-electron chi connectivity index (χ2n) is 3.67. The SMILES string of the molecule is CC(=O)/C(C)=C/c1cccc(C)c1C. The van der Waals surface area contributed by atoms with E-state index >= 15 is 0 Å². The van der Waals surface area contributed by atoms with Crippen LogP contribution < -0.4 is 0 Å². The fraction of sp³-hybridized carbons (Fsp3) is 0.308. The van der Waals surface area contributed by atoms with Crippen LogP contribution in [0.25, 0.3) is 6.08 Å². The Labute approximate surface area is 85.5 Å². The molecule has 0 aromatic heterocycles. The quantitative estimate of drug-likeness (QED) is 0.651. The van der Waals surface area contributed by atoms with Crippen molar-refractivity contribution in [3.63, 3.8) is 0 Å². The first-order valence-electron chi connectivity index (χ1n) is 4.78. The number of carbonyl (C=O) groups is 1. The maximum absolute atomic E-state index is 11.1. The highest BCUT2D eigenvalue weighted by molar-refractivity contribution is 5.97. The monoisotopic (exact) mass is 188 g/mol. The minimum atomic E-state index is 0.130. The third kappa shape index (κ3) is 2.32. The van der Waals surface area contributed by atoms with Gasteiger partial charge in [0, 0.05) is 0 Å². The van der Waals surface area contributed by atoms with Gasteiger partial charge < -0.3 is 0 Å². The number of rotatable bonds is 2. The highest BCUT2D eigenvalue weighted by Crippen LogP contribution is 2.16. The molecule has 74 valence electrons. The molecule has 14 heavy (non-hydrogen) atoms. The number of benzene rings is 1. The van der Waals surface area contributed by atoms with Gasteiger partial charge in [0.15, 0.2) is 5.78 Å². The van der Waals surface area contributed by atoms with Crippen molar-refractivity contribution in [1.82, 2.24) is 0 Å². The number of carbonyl (C=O) groups excluding carboxylic acids is 1. The Kier molecular flexibility index (Phi) is 3.23. The molecule has 0 N–H and O–H groups in total. The van der Waals surface area contributed by atoms with E-state index in [1.54, 1.807) is 6.92 Å². The Morgan fingerprint density at radius 1 is 1.21 bits per heavy atom. The molecule has 0 amide bonds. The largest absolute Gasteiger partial charge is 0.295 e. The van der Waals surface area contributed by atoms with Gasteiger partial charge in [0.2, 0.25) is 0 Å². The Morgan fingerprint density at radius 3 is 2.43 bits per heavy atom. The number of Topliss-reactive ketones (excluding diaryl/α,β-unsaturated/α-hetero) is 1. The molecule has 0 atom stereocenters. The number of hydrogen-bond acceptors (Lipinski definition) is 1. The van der Waals surface area contributed by atoms with Crippen molar-refractivity contribution in [1.29, 1.82) is 0 Å². The van der Waals surface area contributed by atoms with E-state index in [0.717, 1.165) is 11.1 Å². The summed E-state index contributed by atoms with van der Waals surface area (Å²) in [5, 5.41) is 0. The third-order valence-corrected chi connectivity index (χ3v) is 2.57. The van der Waals surface area contributed by atoms with Gasteiger partial charge in [-0.05, 0) is 56.0 Å². The maximum Gasteiger partial charge on any atom is 0.155 e. The first kappa shape index (κ1) is 10.7. The molecule has 1 nitrogen and oxygen atoms in total. The molecule has 0 heterocycles. The van der Waals surface area contributed by atoms with Crippen LogP contribution in [0.1, 0.15) is 30.5 Å². The molecule has 1 heteroatoms. The van der Waals surface area contributed by atoms with Gasteiger partial charge >= 0.3 is 0 Å². The van der Waals surface area contributed by atoms with Gasteiger partial charge in [0.25, 0.3) is 0 Å². The standard InChI is InChI=1S/C13H16O/c1-9-6-5-7-13(11(9)3)8-10(2)12(4)14/h5-8H,1-4H3/b10-8+. The molecule has 1 rings (SSSR count). The Morgan fingerprint density at radius 2 is 1.86 bits per heavy atom. The lowest BCUT2D eigenvalue weighted by Crippen LogP contribution is -1.92. The lowest BCUT2D eigenvalue weighted by molar-refractivity contribution is -0.113. The minimum Gasteiger partial charge on any atom is -0.295 e.